The second-order valence-electron chi connectivity index (χ2n) is 4.29. The molecule has 1 aromatic heterocycles. The third-order valence-electron chi connectivity index (χ3n) is 2.46. The Morgan fingerprint density at radius 2 is 2.35 bits per heavy atom. The molecule has 1 aromatic rings. The number of hydrogen-bond acceptors (Lipinski definition) is 4. The van der Waals surface area contributed by atoms with Crippen molar-refractivity contribution in [2.24, 2.45) is 5.73 Å². The average Bonchev–Trinajstić information content (AvgIpc) is 2.26. The number of nitrogens with two attached hydrogens (primary N) is 1. The SMILES string of the molecule is CC(O)CCN(C)Cc1ccnc(C(N)=S)c1. The van der Waals surface area contributed by atoms with Gasteiger partial charge in [-0.2, -0.15) is 0 Å². The van der Waals surface area contributed by atoms with E-state index < -0.39 is 0 Å². The Bertz CT molecular complexity index is 382. The molecule has 94 valence electrons. The zero-order valence-corrected chi connectivity index (χ0v) is 11.1. The number of aliphatic hydroxyl groups is 1. The van der Waals surface area contributed by atoms with E-state index in [2.05, 4.69) is 9.88 Å². The first kappa shape index (κ1) is 14.0. The fraction of sp³-hybridized carbons (Fsp3) is 0.500. The van der Waals surface area contributed by atoms with Crippen LogP contribution in [0.1, 0.15) is 24.6 Å². The van der Waals surface area contributed by atoms with Gasteiger partial charge in [-0.1, -0.05) is 12.2 Å². The zero-order valence-electron chi connectivity index (χ0n) is 10.3. The van der Waals surface area contributed by atoms with Gasteiger partial charge in [0.25, 0.3) is 0 Å². The molecule has 0 saturated heterocycles. The lowest BCUT2D eigenvalue weighted by molar-refractivity contribution is 0.163. The summed E-state index contributed by atoms with van der Waals surface area (Å²) in [5, 5.41) is 9.21. The maximum Gasteiger partial charge on any atom is 0.122 e. The normalized spacial score (nSPS) is 12.7. The molecule has 0 saturated carbocycles. The number of pyridine rings is 1. The van der Waals surface area contributed by atoms with E-state index in [1.807, 2.05) is 19.2 Å². The molecule has 0 bridgehead atoms. The first-order valence-electron chi connectivity index (χ1n) is 5.60. The van der Waals surface area contributed by atoms with Gasteiger partial charge < -0.3 is 15.7 Å². The van der Waals surface area contributed by atoms with E-state index in [1.165, 1.54) is 0 Å². The standard InChI is InChI=1S/C12H19N3OS/c1-9(16)4-6-15(2)8-10-3-5-14-11(7-10)12(13)17/h3,5,7,9,16H,4,6,8H2,1-2H3,(H2,13,17). The summed E-state index contributed by atoms with van der Waals surface area (Å²) < 4.78 is 0. The minimum atomic E-state index is -0.262. The fourth-order valence-electron chi connectivity index (χ4n) is 1.51. The number of aliphatic hydroxyl groups excluding tert-OH is 1. The van der Waals surface area contributed by atoms with Gasteiger partial charge in [0.1, 0.15) is 4.99 Å². The molecule has 0 aromatic carbocycles. The minimum Gasteiger partial charge on any atom is -0.393 e. The van der Waals surface area contributed by atoms with Gasteiger partial charge in [-0.25, -0.2) is 0 Å². The van der Waals surface area contributed by atoms with Crippen LogP contribution in [0.2, 0.25) is 0 Å². The van der Waals surface area contributed by atoms with E-state index in [0.717, 1.165) is 25.1 Å². The van der Waals surface area contributed by atoms with Gasteiger partial charge in [-0.05, 0) is 38.1 Å². The lowest BCUT2D eigenvalue weighted by Crippen LogP contribution is -2.22. The van der Waals surface area contributed by atoms with Crippen molar-refractivity contribution < 1.29 is 5.11 Å². The number of nitrogens with zero attached hydrogens (tertiary/aromatic N) is 2. The van der Waals surface area contributed by atoms with E-state index in [1.54, 1.807) is 13.1 Å². The van der Waals surface area contributed by atoms with Crippen molar-refractivity contribution >= 4 is 17.2 Å². The number of thiocarbonyl (C=S) groups is 1. The van der Waals surface area contributed by atoms with Crippen LogP contribution in [0.4, 0.5) is 0 Å². The van der Waals surface area contributed by atoms with Crippen molar-refractivity contribution in [2.45, 2.75) is 26.0 Å². The molecule has 1 atom stereocenters. The lowest BCUT2D eigenvalue weighted by Gasteiger charge is -2.17. The molecule has 1 rings (SSSR count). The molecule has 0 radical (unpaired) electrons. The van der Waals surface area contributed by atoms with E-state index in [9.17, 15) is 5.11 Å². The molecule has 4 nitrogen and oxygen atoms in total. The van der Waals surface area contributed by atoms with Gasteiger partial charge in [-0.15, -0.1) is 0 Å². The van der Waals surface area contributed by atoms with Crippen LogP contribution in [-0.2, 0) is 6.54 Å². The summed E-state index contributed by atoms with van der Waals surface area (Å²) in [5.41, 5.74) is 7.31. The Morgan fingerprint density at radius 1 is 1.65 bits per heavy atom. The second-order valence-corrected chi connectivity index (χ2v) is 4.73. The van der Waals surface area contributed by atoms with E-state index in [0.29, 0.717) is 10.7 Å². The number of aromatic nitrogens is 1. The van der Waals surface area contributed by atoms with Crippen LogP contribution in [0.5, 0.6) is 0 Å². The van der Waals surface area contributed by atoms with Crippen molar-refractivity contribution in [1.82, 2.24) is 9.88 Å². The van der Waals surface area contributed by atoms with E-state index in [-0.39, 0.29) is 6.10 Å². The Hall–Kier alpha value is -1.04. The maximum absolute atomic E-state index is 9.21. The Balaban J connectivity index is 2.56. The van der Waals surface area contributed by atoms with Crippen LogP contribution in [0, 0.1) is 0 Å². The summed E-state index contributed by atoms with van der Waals surface area (Å²) in [4.78, 5) is 6.56. The van der Waals surface area contributed by atoms with Gasteiger partial charge in [0.15, 0.2) is 0 Å². The maximum atomic E-state index is 9.21. The highest BCUT2D eigenvalue weighted by atomic mass is 32.1. The van der Waals surface area contributed by atoms with Gasteiger partial charge >= 0.3 is 0 Å². The highest BCUT2D eigenvalue weighted by molar-refractivity contribution is 7.80. The molecule has 0 fully saturated rings. The van der Waals surface area contributed by atoms with Crippen molar-refractivity contribution in [2.75, 3.05) is 13.6 Å². The summed E-state index contributed by atoms with van der Waals surface area (Å²) in [6, 6.07) is 3.85. The Morgan fingerprint density at radius 3 is 2.94 bits per heavy atom. The smallest absolute Gasteiger partial charge is 0.122 e. The molecular formula is C12H19N3OS. The summed E-state index contributed by atoms with van der Waals surface area (Å²) in [6.45, 7) is 3.44. The quantitative estimate of drug-likeness (QED) is 0.738. The highest BCUT2D eigenvalue weighted by Crippen LogP contribution is 2.06. The molecule has 0 amide bonds. The predicted molar refractivity (Wildman–Crippen MR) is 72.8 cm³/mol. The number of rotatable bonds is 6. The molecule has 1 heterocycles. The average molecular weight is 253 g/mol. The first-order valence-corrected chi connectivity index (χ1v) is 6.01. The molecule has 17 heavy (non-hydrogen) atoms. The van der Waals surface area contributed by atoms with Crippen LogP contribution >= 0.6 is 12.2 Å². The largest absolute Gasteiger partial charge is 0.393 e. The van der Waals surface area contributed by atoms with Crippen molar-refractivity contribution in [3.05, 3.63) is 29.6 Å². The lowest BCUT2D eigenvalue weighted by atomic mass is 10.2. The van der Waals surface area contributed by atoms with Crippen molar-refractivity contribution in [3.8, 4) is 0 Å². The summed E-state index contributed by atoms with van der Waals surface area (Å²) in [6.07, 6.45) is 2.22. The molecule has 0 spiro atoms. The third kappa shape index (κ3) is 5.21. The summed E-state index contributed by atoms with van der Waals surface area (Å²) in [5.74, 6) is 0. The molecule has 5 heteroatoms. The molecule has 0 aliphatic heterocycles. The van der Waals surface area contributed by atoms with Gasteiger partial charge in [0.05, 0.1) is 11.8 Å². The third-order valence-corrected chi connectivity index (χ3v) is 2.67. The molecular weight excluding hydrogens is 234 g/mol. The Kier molecular flexibility index (Phi) is 5.47. The van der Waals surface area contributed by atoms with Crippen LogP contribution < -0.4 is 5.73 Å². The van der Waals surface area contributed by atoms with Crippen molar-refractivity contribution in [3.63, 3.8) is 0 Å². The zero-order chi connectivity index (χ0) is 12.8. The van der Waals surface area contributed by atoms with E-state index >= 15 is 0 Å². The topological polar surface area (TPSA) is 62.4 Å². The van der Waals surface area contributed by atoms with Crippen LogP contribution in [-0.4, -0.2) is 39.7 Å². The second kappa shape index (κ2) is 6.64. The van der Waals surface area contributed by atoms with Crippen molar-refractivity contribution in [1.29, 1.82) is 0 Å². The van der Waals surface area contributed by atoms with Crippen LogP contribution in [0.25, 0.3) is 0 Å². The summed E-state index contributed by atoms with van der Waals surface area (Å²) in [7, 11) is 2.02. The first-order chi connectivity index (χ1) is 7.99. The fourth-order valence-corrected chi connectivity index (χ4v) is 1.62. The Labute approximate surface area is 107 Å². The molecule has 0 aliphatic carbocycles. The predicted octanol–water partition coefficient (Wildman–Crippen LogP) is 0.919. The van der Waals surface area contributed by atoms with Gasteiger partial charge in [0, 0.05) is 19.3 Å². The van der Waals surface area contributed by atoms with Crippen LogP contribution in [0.15, 0.2) is 18.3 Å². The van der Waals surface area contributed by atoms with Crippen LogP contribution in [0.3, 0.4) is 0 Å². The molecule has 0 aliphatic rings. The molecule has 1 unspecified atom stereocenters. The highest BCUT2D eigenvalue weighted by Gasteiger charge is 2.04. The number of hydrogen-bond donors (Lipinski definition) is 2. The monoisotopic (exact) mass is 253 g/mol. The summed E-state index contributed by atoms with van der Waals surface area (Å²) >= 11 is 4.89. The van der Waals surface area contributed by atoms with Gasteiger partial charge in [-0.3, -0.25) is 4.98 Å². The minimum absolute atomic E-state index is 0.262. The van der Waals surface area contributed by atoms with Gasteiger partial charge in [0.2, 0.25) is 0 Å². The molecule has 3 N–H and O–H groups in total. The van der Waals surface area contributed by atoms with E-state index in [4.69, 9.17) is 18.0 Å².